The number of hydrogen-bond acceptors (Lipinski definition) is 2. The van der Waals surface area contributed by atoms with Gasteiger partial charge >= 0.3 is 0 Å². The van der Waals surface area contributed by atoms with Crippen molar-refractivity contribution in [3.8, 4) is 0 Å². The van der Waals surface area contributed by atoms with E-state index in [1.807, 2.05) is 24.3 Å². The van der Waals surface area contributed by atoms with Gasteiger partial charge in [-0.3, -0.25) is 4.98 Å². The first kappa shape index (κ1) is 15.0. The second-order valence-electron chi connectivity index (χ2n) is 4.24. The van der Waals surface area contributed by atoms with Gasteiger partial charge in [-0.1, -0.05) is 23.7 Å². The first-order chi connectivity index (χ1) is 9.06. The van der Waals surface area contributed by atoms with Crippen molar-refractivity contribution in [2.45, 2.75) is 19.5 Å². The van der Waals surface area contributed by atoms with Crippen molar-refractivity contribution >= 4 is 43.5 Å². The highest BCUT2D eigenvalue weighted by molar-refractivity contribution is 9.11. The molecule has 19 heavy (non-hydrogen) atoms. The predicted molar refractivity (Wildman–Crippen MR) is 86.3 cm³/mol. The van der Waals surface area contributed by atoms with E-state index in [0.29, 0.717) is 6.54 Å². The standard InChI is InChI=1S/C14H13Br2ClN2/c1-9(10-3-2-4-12(17)5-10)18-8-14-13(16)6-11(15)7-19-14/h2-7,9,18H,8H2,1H3. The lowest BCUT2D eigenvalue weighted by atomic mass is 10.1. The molecule has 0 amide bonds. The van der Waals surface area contributed by atoms with Gasteiger partial charge in [0, 0.05) is 32.8 Å². The van der Waals surface area contributed by atoms with Crippen LogP contribution in [-0.4, -0.2) is 4.98 Å². The van der Waals surface area contributed by atoms with Gasteiger partial charge in [0.1, 0.15) is 0 Å². The molecule has 0 aliphatic heterocycles. The molecule has 0 bridgehead atoms. The van der Waals surface area contributed by atoms with Crippen LogP contribution in [0.4, 0.5) is 0 Å². The zero-order chi connectivity index (χ0) is 13.8. The monoisotopic (exact) mass is 402 g/mol. The molecular formula is C14H13Br2ClN2. The fourth-order valence-electron chi connectivity index (χ4n) is 1.72. The third-order valence-electron chi connectivity index (χ3n) is 2.81. The Balaban J connectivity index is 2.02. The van der Waals surface area contributed by atoms with Crippen molar-refractivity contribution in [3.63, 3.8) is 0 Å². The molecule has 0 saturated heterocycles. The maximum Gasteiger partial charge on any atom is 0.0684 e. The van der Waals surface area contributed by atoms with E-state index in [-0.39, 0.29) is 6.04 Å². The molecule has 2 rings (SSSR count). The summed E-state index contributed by atoms with van der Waals surface area (Å²) in [4.78, 5) is 4.38. The lowest BCUT2D eigenvalue weighted by Gasteiger charge is -2.15. The summed E-state index contributed by atoms with van der Waals surface area (Å²) in [6.07, 6.45) is 1.80. The fourth-order valence-corrected chi connectivity index (χ4v) is 3.04. The smallest absolute Gasteiger partial charge is 0.0684 e. The lowest BCUT2D eigenvalue weighted by molar-refractivity contribution is 0.566. The number of halogens is 3. The van der Waals surface area contributed by atoms with Crippen LogP contribution in [0.25, 0.3) is 0 Å². The van der Waals surface area contributed by atoms with Crippen molar-refractivity contribution in [1.82, 2.24) is 10.3 Å². The van der Waals surface area contributed by atoms with Crippen molar-refractivity contribution in [2.24, 2.45) is 0 Å². The van der Waals surface area contributed by atoms with E-state index in [0.717, 1.165) is 19.7 Å². The quantitative estimate of drug-likeness (QED) is 0.766. The van der Waals surface area contributed by atoms with Crippen LogP contribution >= 0.6 is 43.5 Å². The van der Waals surface area contributed by atoms with Gasteiger partial charge in [-0.15, -0.1) is 0 Å². The van der Waals surface area contributed by atoms with E-state index in [4.69, 9.17) is 11.6 Å². The molecule has 1 unspecified atom stereocenters. The van der Waals surface area contributed by atoms with Crippen LogP contribution in [-0.2, 0) is 6.54 Å². The molecule has 0 spiro atoms. The van der Waals surface area contributed by atoms with E-state index >= 15 is 0 Å². The Bertz CT molecular complexity index is 575. The van der Waals surface area contributed by atoms with E-state index < -0.39 is 0 Å². The van der Waals surface area contributed by atoms with Gasteiger partial charge in [-0.05, 0) is 62.5 Å². The Kier molecular flexibility index (Phi) is 5.39. The summed E-state index contributed by atoms with van der Waals surface area (Å²) >= 11 is 12.9. The number of pyridine rings is 1. The van der Waals surface area contributed by atoms with Gasteiger partial charge in [0.2, 0.25) is 0 Å². The predicted octanol–water partition coefficient (Wildman–Crippen LogP) is 5.11. The van der Waals surface area contributed by atoms with Gasteiger partial charge in [0.25, 0.3) is 0 Å². The first-order valence-corrected chi connectivity index (χ1v) is 7.81. The van der Waals surface area contributed by atoms with Crippen LogP contribution in [0.5, 0.6) is 0 Å². The van der Waals surface area contributed by atoms with E-state index in [2.05, 4.69) is 55.2 Å². The summed E-state index contributed by atoms with van der Waals surface area (Å²) < 4.78 is 1.96. The molecular weight excluding hydrogens is 391 g/mol. The molecule has 2 aromatic rings. The second-order valence-corrected chi connectivity index (χ2v) is 6.45. The molecule has 100 valence electrons. The minimum Gasteiger partial charge on any atom is -0.305 e. The highest BCUT2D eigenvalue weighted by Gasteiger charge is 2.07. The third-order valence-corrected chi connectivity index (χ3v) is 4.16. The number of aromatic nitrogens is 1. The number of benzene rings is 1. The van der Waals surface area contributed by atoms with Gasteiger partial charge in [-0.25, -0.2) is 0 Å². The van der Waals surface area contributed by atoms with E-state index in [1.165, 1.54) is 5.56 Å². The zero-order valence-electron chi connectivity index (χ0n) is 10.3. The normalized spacial score (nSPS) is 12.4. The molecule has 1 aromatic carbocycles. The average Bonchev–Trinajstić information content (AvgIpc) is 2.37. The Labute approximate surface area is 134 Å². The van der Waals surface area contributed by atoms with Crippen molar-refractivity contribution < 1.29 is 0 Å². The summed E-state index contributed by atoms with van der Waals surface area (Å²) in [7, 11) is 0. The molecule has 0 aliphatic rings. The first-order valence-electron chi connectivity index (χ1n) is 5.85. The Morgan fingerprint density at radius 2 is 2.11 bits per heavy atom. The van der Waals surface area contributed by atoms with Crippen LogP contribution in [0.2, 0.25) is 5.02 Å². The van der Waals surface area contributed by atoms with Crippen molar-refractivity contribution in [1.29, 1.82) is 0 Å². The summed E-state index contributed by atoms with van der Waals surface area (Å²) in [5.41, 5.74) is 2.15. The number of hydrogen-bond donors (Lipinski definition) is 1. The highest BCUT2D eigenvalue weighted by Crippen LogP contribution is 2.21. The molecule has 2 nitrogen and oxygen atoms in total. The molecule has 0 radical (unpaired) electrons. The third kappa shape index (κ3) is 4.28. The Hall–Kier alpha value is -0.420. The topological polar surface area (TPSA) is 24.9 Å². The van der Waals surface area contributed by atoms with Gasteiger partial charge in [0.05, 0.1) is 5.69 Å². The van der Waals surface area contributed by atoms with Gasteiger partial charge in [-0.2, -0.15) is 0 Å². The van der Waals surface area contributed by atoms with Crippen LogP contribution in [0.15, 0.2) is 45.5 Å². The van der Waals surface area contributed by atoms with Crippen LogP contribution in [0.3, 0.4) is 0 Å². The molecule has 0 aliphatic carbocycles. The second kappa shape index (κ2) is 6.84. The Morgan fingerprint density at radius 3 is 2.79 bits per heavy atom. The summed E-state index contributed by atoms with van der Waals surface area (Å²) in [6, 6.07) is 10.1. The maximum absolute atomic E-state index is 6.00. The highest BCUT2D eigenvalue weighted by atomic mass is 79.9. The average molecular weight is 405 g/mol. The van der Waals surface area contributed by atoms with Crippen LogP contribution in [0, 0.1) is 0 Å². The minimum atomic E-state index is 0.219. The van der Waals surface area contributed by atoms with Crippen molar-refractivity contribution in [2.75, 3.05) is 0 Å². The molecule has 1 atom stereocenters. The minimum absolute atomic E-state index is 0.219. The van der Waals surface area contributed by atoms with Gasteiger partial charge < -0.3 is 5.32 Å². The molecule has 1 aromatic heterocycles. The summed E-state index contributed by atoms with van der Waals surface area (Å²) in [5.74, 6) is 0. The lowest BCUT2D eigenvalue weighted by Crippen LogP contribution is -2.19. The maximum atomic E-state index is 6.00. The largest absolute Gasteiger partial charge is 0.305 e. The fraction of sp³-hybridized carbons (Fsp3) is 0.214. The van der Waals surface area contributed by atoms with E-state index in [9.17, 15) is 0 Å². The van der Waals surface area contributed by atoms with E-state index in [1.54, 1.807) is 6.20 Å². The molecule has 5 heteroatoms. The molecule has 1 heterocycles. The molecule has 0 saturated carbocycles. The van der Waals surface area contributed by atoms with Crippen LogP contribution < -0.4 is 5.32 Å². The van der Waals surface area contributed by atoms with Gasteiger partial charge in [0.15, 0.2) is 0 Å². The van der Waals surface area contributed by atoms with Crippen molar-refractivity contribution in [3.05, 3.63) is 61.8 Å². The number of nitrogens with zero attached hydrogens (tertiary/aromatic N) is 1. The molecule has 0 fully saturated rings. The zero-order valence-corrected chi connectivity index (χ0v) is 14.3. The number of rotatable bonds is 4. The Morgan fingerprint density at radius 1 is 1.32 bits per heavy atom. The summed E-state index contributed by atoms with van der Waals surface area (Å²) in [6.45, 7) is 2.81. The SMILES string of the molecule is CC(NCc1ncc(Br)cc1Br)c1cccc(Cl)c1. The number of nitrogens with one attached hydrogen (secondary N) is 1. The summed E-state index contributed by atoms with van der Waals surface area (Å²) in [5, 5.41) is 4.19. The molecule has 1 N–H and O–H groups in total. The van der Waals surface area contributed by atoms with Crippen LogP contribution in [0.1, 0.15) is 24.2 Å².